The Hall–Kier alpha value is -4.38. The van der Waals surface area contributed by atoms with Gasteiger partial charge in [-0.05, 0) is 47.6 Å². The zero-order valence-electron chi connectivity index (χ0n) is 25.1. The van der Waals surface area contributed by atoms with E-state index in [0.29, 0.717) is 12.8 Å². The molecule has 0 bridgehead atoms. The highest BCUT2D eigenvalue weighted by molar-refractivity contribution is 5.94. The summed E-state index contributed by atoms with van der Waals surface area (Å²) in [6, 6.07) is 9.66. The van der Waals surface area contributed by atoms with Crippen LogP contribution in [0.2, 0.25) is 0 Å². The van der Waals surface area contributed by atoms with Crippen molar-refractivity contribution >= 4 is 34.6 Å². The number of carbonyl (C=O) groups excluding carboxylic acids is 3. The second-order valence-electron chi connectivity index (χ2n) is 11.2. The molecule has 3 aromatic rings. The fourth-order valence-corrected chi connectivity index (χ4v) is 4.87. The van der Waals surface area contributed by atoms with E-state index in [1.807, 2.05) is 45.0 Å². The number of nitrogens with one attached hydrogen (secondary N) is 4. The highest BCUT2D eigenvalue weighted by atomic mass is 16.4. The Morgan fingerprint density at radius 3 is 1.95 bits per heavy atom. The van der Waals surface area contributed by atoms with Gasteiger partial charge in [0.1, 0.15) is 23.9 Å². The van der Waals surface area contributed by atoms with Crippen molar-refractivity contribution in [2.24, 2.45) is 17.6 Å². The van der Waals surface area contributed by atoms with E-state index in [2.05, 4.69) is 20.9 Å². The third-order valence-electron chi connectivity index (χ3n) is 8.03. The molecule has 0 fully saturated rings. The highest BCUT2D eigenvalue weighted by Gasteiger charge is 2.34. The van der Waals surface area contributed by atoms with Crippen LogP contribution in [0.3, 0.4) is 0 Å². The number of hydrogen-bond acceptors (Lipinski definition) is 6. The van der Waals surface area contributed by atoms with Gasteiger partial charge in [-0.25, -0.2) is 4.79 Å². The van der Waals surface area contributed by atoms with Gasteiger partial charge in [-0.15, -0.1) is 0 Å². The van der Waals surface area contributed by atoms with Gasteiger partial charge >= 0.3 is 5.97 Å². The number of fused-ring (bicyclic) bond motifs is 1. The quantitative estimate of drug-likeness (QED) is 0.141. The normalized spacial score (nSPS) is 15.5. The van der Waals surface area contributed by atoms with E-state index in [1.54, 1.807) is 25.3 Å². The fourth-order valence-electron chi connectivity index (χ4n) is 4.87. The predicted molar refractivity (Wildman–Crippen MR) is 164 cm³/mol. The molecule has 0 aliphatic carbocycles. The molecular weight excluding hydrogens is 550 g/mol. The van der Waals surface area contributed by atoms with Gasteiger partial charge in [-0.3, -0.25) is 14.4 Å². The minimum absolute atomic E-state index is 0.0523. The van der Waals surface area contributed by atoms with E-state index in [4.69, 9.17) is 5.73 Å². The second-order valence-corrected chi connectivity index (χ2v) is 11.2. The Morgan fingerprint density at radius 1 is 0.814 bits per heavy atom. The summed E-state index contributed by atoms with van der Waals surface area (Å²) in [6.07, 6.45) is 3.09. The number of hydrogen-bond donors (Lipinski definition) is 7. The maximum atomic E-state index is 13.6. The van der Waals surface area contributed by atoms with Crippen LogP contribution < -0.4 is 21.7 Å². The molecule has 43 heavy (non-hydrogen) atoms. The van der Waals surface area contributed by atoms with Crippen LogP contribution in [0.25, 0.3) is 10.9 Å². The van der Waals surface area contributed by atoms with Crippen molar-refractivity contribution in [3.63, 3.8) is 0 Å². The fraction of sp³-hybridized carbons (Fsp3) is 0.438. The minimum Gasteiger partial charge on any atom is -0.508 e. The van der Waals surface area contributed by atoms with Crippen molar-refractivity contribution in [3.05, 3.63) is 65.9 Å². The van der Waals surface area contributed by atoms with Crippen LogP contribution in [0.15, 0.2) is 54.7 Å². The molecule has 1 heterocycles. The Bertz CT molecular complexity index is 1400. The first-order chi connectivity index (χ1) is 20.4. The molecule has 0 aliphatic heterocycles. The van der Waals surface area contributed by atoms with Gasteiger partial charge in [0.2, 0.25) is 17.7 Å². The van der Waals surface area contributed by atoms with E-state index in [1.165, 1.54) is 12.1 Å². The number of aromatic amines is 1. The van der Waals surface area contributed by atoms with Gasteiger partial charge in [0.05, 0.1) is 6.04 Å². The van der Waals surface area contributed by atoms with Gasteiger partial charge in [0.15, 0.2) is 0 Å². The highest BCUT2D eigenvalue weighted by Crippen LogP contribution is 2.20. The van der Waals surface area contributed by atoms with Crippen LogP contribution in [0.5, 0.6) is 5.75 Å². The van der Waals surface area contributed by atoms with Crippen molar-refractivity contribution in [2.45, 2.75) is 77.5 Å². The average Bonchev–Trinajstić information content (AvgIpc) is 3.40. The van der Waals surface area contributed by atoms with E-state index in [0.717, 1.165) is 22.0 Å². The lowest BCUT2D eigenvalue weighted by molar-refractivity contribution is -0.142. The van der Waals surface area contributed by atoms with E-state index in [9.17, 15) is 29.4 Å². The zero-order chi connectivity index (χ0) is 31.7. The molecule has 0 saturated heterocycles. The maximum Gasteiger partial charge on any atom is 0.326 e. The SMILES string of the molecule is CCC(C)C(NC(=O)C(N)Cc1ccc(O)cc1)C(=O)NC(C(=O)NC(Cc1c[nH]c2ccccc12)C(=O)O)C(C)CC. The van der Waals surface area contributed by atoms with Gasteiger partial charge < -0.3 is 36.9 Å². The third-order valence-corrected chi connectivity index (χ3v) is 8.03. The largest absolute Gasteiger partial charge is 0.508 e. The number of aliphatic carboxylic acids is 1. The van der Waals surface area contributed by atoms with Gasteiger partial charge in [0.25, 0.3) is 0 Å². The summed E-state index contributed by atoms with van der Waals surface area (Å²) >= 11 is 0. The first-order valence-electron chi connectivity index (χ1n) is 14.7. The molecular formula is C32H43N5O6. The predicted octanol–water partition coefficient (Wildman–Crippen LogP) is 2.62. The Kier molecular flexibility index (Phi) is 11.7. The van der Waals surface area contributed by atoms with E-state index in [-0.39, 0.29) is 30.4 Å². The number of para-hydroxylation sites is 1. The number of rotatable bonds is 15. The topological polar surface area (TPSA) is 187 Å². The molecule has 0 spiro atoms. The molecule has 0 radical (unpaired) electrons. The van der Waals surface area contributed by atoms with Crippen molar-refractivity contribution in [3.8, 4) is 5.75 Å². The van der Waals surface area contributed by atoms with Crippen LogP contribution in [-0.2, 0) is 32.0 Å². The summed E-state index contributed by atoms with van der Waals surface area (Å²) in [4.78, 5) is 55.3. The smallest absolute Gasteiger partial charge is 0.326 e. The van der Waals surface area contributed by atoms with Crippen LogP contribution >= 0.6 is 0 Å². The lowest BCUT2D eigenvalue weighted by atomic mass is 9.94. The number of carbonyl (C=O) groups is 4. The molecule has 0 saturated carbocycles. The summed E-state index contributed by atoms with van der Waals surface area (Å²) < 4.78 is 0. The number of phenolic OH excluding ortho intramolecular Hbond substituents is 1. The van der Waals surface area contributed by atoms with Crippen molar-refractivity contribution < 1.29 is 29.4 Å². The Balaban J connectivity index is 1.73. The number of carboxylic acids is 1. The molecule has 11 nitrogen and oxygen atoms in total. The molecule has 1 aromatic heterocycles. The number of aromatic nitrogens is 1. The summed E-state index contributed by atoms with van der Waals surface area (Å²) in [5.41, 5.74) is 8.50. The first kappa shape index (κ1) is 33.1. The minimum atomic E-state index is -1.22. The van der Waals surface area contributed by atoms with Crippen LogP contribution in [0.4, 0.5) is 0 Å². The molecule has 3 rings (SSSR count). The van der Waals surface area contributed by atoms with Crippen LogP contribution in [0, 0.1) is 11.8 Å². The molecule has 0 aliphatic rings. The maximum absolute atomic E-state index is 13.6. The van der Waals surface area contributed by atoms with Gasteiger partial charge in [-0.2, -0.15) is 0 Å². The molecule has 3 amide bonds. The van der Waals surface area contributed by atoms with E-state index >= 15 is 0 Å². The van der Waals surface area contributed by atoms with Crippen molar-refractivity contribution in [1.82, 2.24) is 20.9 Å². The van der Waals surface area contributed by atoms with Crippen LogP contribution in [-0.4, -0.2) is 63.1 Å². The molecule has 8 N–H and O–H groups in total. The molecule has 2 aromatic carbocycles. The number of phenols is 1. The molecule has 6 unspecified atom stereocenters. The van der Waals surface area contributed by atoms with Crippen molar-refractivity contribution in [2.75, 3.05) is 0 Å². The lowest BCUT2D eigenvalue weighted by Crippen LogP contribution is -2.60. The number of nitrogens with two attached hydrogens (primary N) is 1. The van der Waals surface area contributed by atoms with Gasteiger partial charge in [-0.1, -0.05) is 70.9 Å². The summed E-state index contributed by atoms with van der Waals surface area (Å²) in [5.74, 6) is -3.39. The standard InChI is InChI=1S/C32H43N5O6/c1-5-18(3)27(30(40)35-26(32(42)43)16-21-17-34-25-10-8-7-9-23(21)25)37-31(41)28(19(4)6-2)36-29(39)24(33)15-20-11-13-22(38)14-12-20/h7-14,17-19,24,26-28,34,38H,5-6,15-16,33H2,1-4H3,(H,35,40)(H,36,39)(H,37,41)(H,42,43). The average molecular weight is 594 g/mol. The molecule has 6 atom stereocenters. The molecule has 232 valence electrons. The third kappa shape index (κ3) is 8.81. The monoisotopic (exact) mass is 593 g/mol. The second kappa shape index (κ2) is 15.2. The number of aromatic hydroxyl groups is 1. The van der Waals surface area contributed by atoms with Gasteiger partial charge in [0, 0.05) is 23.5 Å². The number of amides is 3. The summed E-state index contributed by atoms with van der Waals surface area (Å²) in [7, 11) is 0. The van der Waals surface area contributed by atoms with Crippen LogP contribution in [0.1, 0.15) is 51.7 Å². The Morgan fingerprint density at radius 2 is 1.37 bits per heavy atom. The Labute approximate surface area is 251 Å². The number of benzene rings is 2. The summed E-state index contributed by atoms with van der Waals surface area (Å²) in [5, 5.41) is 28.4. The molecule has 11 heteroatoms. The van der Waals surface area contributed by atoms with Crippen molar-refractivity contribution in [1.29, 1.82) is 0 Å². The lowest BCUT2D eigenvalue weighted by Gasteiger charge is -2.30. The number of H-pyrrole nitrogens is 1. The first-order valence-corrected chi connectivity index (χ1v) is 14.7. The summed E-state index contributed by atoms with van der Waals surface area (Å²) in [6.45, 7) is 7.36. The van der Waals surface area contributed by atoms with E-state index < -0.39 is 47.9 Å². The zero-order valence-corrected chi connectivity index (χ0v) is 25.1. The number of carboxylic acid groups (broad SMARTS) is 1.